The number of thiophene rings is 1. The fraction of sp³-hybridized carbons (Fsp3) is 0.167. The number of hydrogen-bond donors (Lipinski definition) is 1. The Morgan fingerprint density at radius 2 is 2.06 bits per heavy atom. The molecule has 1 nitrogen and oxygen atoms in total. The molecule has 1 aromatic carbocycles. The third kappa shape index (κ3) is 2.91. The summed E-state index contributed by atoms with van der Waals surface area (Å²) < 4.78 is 27.0. The summed E-state index contributed by atoms with van der Waals surface area (Å²) in [7, 11) is 0. The van der Waals surface area contributed by atoms with Gasteiger partial charge in [-0.3, -0.25) is 0 Å². The zero-order chi connectivity index (χ0) is 12.4. The standard InChI is InChI=1S/C12H9BrF2OS/c13-9-3-4-17-12(9)6-11(16)8-2-1-7(14)5-10(8)15/h1-5,11,16H,6H2. The van der Waals surface area contributed by atoms with E-state index in [0.29, 0.717) is 6.42 Å². The highest BCUT2D eigenvalue weighted by Crippen LogP contribution is 2.29. The molecule has 5 heteroatoms. The predicted octanol–water partition coefficient (Wildman–Crippen LogP) is 4.06. The van der Waals surface area contributed by atoms with Crippen molar-refractivity contribution in [3.05, 3.63) is 56.2 Å². The van der Waals surface area contributed by atoms with Crippen molar-refractivity contribution >= 4 is 27.3 Å². The van der Waals surface area contributed by atoms with Gasteiger partial charge in [0, 0.05) is 27.4 Å². The van der Waals surface area contributed by atoms with Crippen molar-refractivity contribution in [3.8, 4) is 0 Å². The first-order chi connectivity index (χ1) is 8.08. The van der Waals surface area contributed by atoms with Crippen LogP contribution >= 0.6 is 27.3 Å². The summed E-state index contributed by atoms with van der Waals surface area (Å²) >= 11 is 4.82. The van der Waals surface area contributed by atoms with Gasteiger partial charge in [0.25, 0.3) is 0 Å². The second kappa shape index (κ2) is 5.25. The molecule has 0 spiro atoms. The van der Waals surface area contributed by atoms with Gasteiger partial charge in [-0.15, -0.1) is 11.3 Å². The van der Waals surface area contributed by atoms with Crippen LogP contribution in [0.15, 0.2) is 34.1 Å². The lowest BCUT2D eigenvalue weighted by Gasteiger charge is -2.11. The molecular formula is C12H9BrF2OS. The van der Waals surface area contributed by atoms with E-state index < -0.39 is 17.7 Å². The molecule has 0 bridgehead atoms. The van der Waals surface area contributed by atoms with Crippen LogP contribution in [0.4, 0.5) is 8.78 Å². The van der Waals surface area contributed by atoms with Gasteiger partial charge >= 0.3 is 0 Å². The fourth-order valence-electron chi connectivity index (χ4n) is 1.53. The Kier molecular flexibility index (Phi) is 3.91. The Balaban J connectivity index is 2.20. The molecule has 1 aromatic heterocycles. The van der Waals surface area contributed by atoms with E-state index in [0.717, 1.165) is 21.5 Å². The van der Waals surface area contributed by atoms with Crippen LogP contribution < -0.4 is 0 Å². The quantitative estimate of drug-likeness (QED) is 0.904. The molecule has 0 aliphatic carbocycles. The van der Waals surface area contributed by atoms with Crippen LogP contribution in [0, 0.1) is 11.6 Å². The fourth-order valence-corrected chi connectivity index (χ4v) is 3.08. The van der Waals surface area contributed by atoms with Gasteiger partial charge in [-0.1, -0.05) is 6.07 Å². The van der Waals surface area contributed by atoms with Crippen molar-refractivity contribution in [1.29, 1.82) is 0 Å². The summed E-state index contributed by atoms with van der Waals surface area (Å²) in [4.78, 5) is 0.932. The van der Waals surface area contributed by atoms with Crippen molar-refractivity contribution in [2.24, 2.45) is 0 Å². The largest absolute Gasteiger partial charge is 0.388 e. The van der Waals surface area contributed by atoms with E-state index >= 15 is 0 Å². The molecule has 0 amide bonds. The Hall–Kier alpha value is -0.780. The molecule has 0 saturated heterocycles. The molecule has 1 unspecified atom stereocenters. The first-order valence-corrected chi connectivity index (χ1v) is 6.60. The van der Waals surface area contributed by atoms with Crippen molar-refractivity contribution in [2.45, 2.75) is 12.5 Å². The number of benzene rings is 1. The molecular weight excluding hydrogens is 310 g/mol. The Bertz CT molecular complexity index is 527. The van der Waals surface area contributed by atoms with E-state index in [1.807, 2.05) is 11.4 Å². The number of hydrogen-bond acceptors (Lipinski definition) is 2. The van der Waals surface area contributed by atoms with E-state index in [1.165, 1.54) is 17.4 Å². The number of aliphatic hydroxyl groups excluding tert-OH is 1. The molecule has 2 rings (SSSR count). The van der Waals surface area contributed by atoms with Crippen molar-refractivity contribution < 1.29 is 13.9 Å². The molecule has 0 saturated carbocycles. The summed E-state index contributed by atoms with van der Waals surface area (Å²) in [5.74, 6) is -1.36. The normalized spacial score (nSPS) is 12.7. The lowest BCUT2D eigenvalue weighted by Crippen LogP contribution is -2.04. The monoisotopic (exact) mass is 318 g/mol. The minimum atomic E-state index is -0.967. The van der Waals surface area contributed by atoms with Gasteiger partial charge in [-0.05, 0) is 33.4 Å². The van der Waals surface area contributed by atoms with E-state index in [9.17, 15) is 13.9 Å². The lowest BCUT2D eigenvalue weighted by molar-refractivity contribution is 0.174. The number of rotatable bonds is 3. The Morgan fingerprint density at radius 1 is 1.29 bits per heavy atom. The summed E-state index contributed by atoms with van der Waals surface area (Å²) in [6.07, 6.45) is -0.661. The van der Waals surface area contributed by atoms with E-state index in [4.69, 9.17) is 0 Å². The highest BCUT2D eigenvalue weighted by molar-refractivity contribution is 9.10. The second-order valence-electron chi connectivity index (χ2n) is 3.58. The van der Waals surface area contributed by atoms with Gasteiger partial charge in [0.05, 0.1) is 6.10 Å². The highest BCUT2D eigenvalue weighted by Gasteiger charge is 2.16. The average molecular weight is 319 g/mol. The maximum Gasteiger partial charge on any atom is 0.131 e. The number of aliphatic hydroxyl groups is 1. The van der Waals surface area contributed by atoms with E-state index in [-0.39, 0.29) is 5.56 Å². The maximum absolute atomic E-state index is 13.4. The molecule has 0 aliphatic heterocycles. The molecule has 1 N–H and O–H groups in total. The van der Waals surface area contributed by atoms with Crippen LogP contribution in [0.25, 0.3) is 0 Å². The van der Waals surface area contributed by atoms with Crippen molar-refractivity contribution in [1.82, 2.24) is 0 Å². The molecule has 0 fully saturated rings. The molecule has 0 radical (unpaired) electrons. The molecule has 0 aliphatic rings. The van der Waals surface area contributed by atoms with Gasteiger partial charge in [0.15, 0.2) is 0 Å². The van der Waals surface area contributed by atoms with Gasteiger partial charge in [-0.2, -0.15) is 0 Å². The van der Waals surface area contributed by atoms with Crippen LogP contribution in [0.5, 0.6) is 0 Å². The summed E-state index contributed by atoms with van der Waals surface area (Å²) in [5, 5.41) is 11.8. The Labute approximate surface area is 110 Å². The molecule has 1 atom stereocenters. The third-order valence-electron chi connectivity index (χ3n) is 2.39. The van der Waals surface area contributed by atoms with E-state index in [1.54, 1.807) is 0 Å². The summed E-state index contributed by atoms with van der Waals surface area (Å²) in [5.41, 5.74) is 0.117. The lowest BCUT2D eigenvalue weighted by atomic mass is 10.1. The third-order valence-corrected chi connectivity index (χ3v) is 4.34. The van der Waals surface area contributed by atoms with Crippen LogP contribution in [0.1, 0.15) is 16.5 Å². The van der Waals surface area contributed by atoms with Crippen LogP contribution in [0.3, 0.4) is 0 Å². The smallest absolute Gasteiger partial charge is 0.131 e. The first-order valence-electron chi connectivity index (χ1n) is 4.93. The minimum absolute atomic E-state index is 0.117. The van der Waals surface area contributed by atoms with Crippen LogP contribution in [0.2, 0.25) is 0 Å². The van der Waals surface area contributed by atoms with Crippen LogP contribution in [-0.2, 0) is 6.42 Å². The average Bonchev–Trinajstić information content (AvgIpc) is 2.64. The molecule has 2 aromatic rings. The van der Waals surface area contributed by atoms with Gasteiger partial charge in [0.1, 0.15) is 11.6 Å². The van der Waals surface area contributed by atoms with Gasteiger partial charge in [-0.25, -0.2) is 8.78 Å². The van der Waals surface area contributed by atoms with E-state index in [2.05, 4.69) is 15.9 Å². The highest BCUT2D eigenvalue weighted by atomic mass is 79.9. The van der Waals surface area contributed by atoms with Crippen molar-refractivity contribution in [2.75, 3.05) is 0 Å². The zero-order valence-corrected chi connectivity index (χ0v) is 11.1. The Morgan fingerprint density at radius 3 is 2.65 bits per heavy atom. The first kappa shape index (κ1) is 12.7. The van der Waals surface area contributed by atoms with Crippen LogP contribution in [-0.4, -0.2) is 5.11 Å². The zero-order valence-electron chi connectivity index (χ0n) is 8.66. The second-order valence-corrected chi connectivity index (χ2v) is 5.43. The van der Waals surface area contributed by atoms with Crippen molar-refractivity contribution in [3.63, 3.8) is 0 Å². The minimum Gasteiger partial charge on any atom is -0.388 e. The molecule has 90 valence electrons. The predicted molar refractivity (Wildman–Crippen MR) is 67.0 cm³/mol. The topological polar surface area (TPSA) is 20.2 Å². The van der Waals surface area contributed by atoms with Gasteiger partial charge in [0.2, 0.25) is 0 Å². The summed E-state index contributed by atoms with van der Waals surface area (Å²) in [6.45, 7) is 0. The molecule has 17 heavy (non-hydrogen) atoms. The number of halogens is 3. The molecule has 1 heterocycles. The van der Waals surface area contributed by atoms with Gasteiger partial charge < -0.3 is 5.11 Å². The maximum atomic E-state index is 13.4. The summed E-state index contributed by atoms with van der Waals surface area (Å²) in [6, 6.07) is 5.07. The SMILES string of the molecule is OC(Cc1sccc1Br)c1ccc(F)cc1F.